The predicted molar refractivity (Wildman–Crippen MR) is 108 cm³/mol. The lowest BCUT2D eigenvalue weighted by atomic mass is 10.1. The third-order valence-electron chi connectivity index (χ3n) is 5.10. The number of hydrogen-bond donors (Lipinski definition) is 0. The van der Waals surface area contributed by atoms with Crippen molar-refractivity contribution in [3.63, 3.8) is 0 Å². The molecule has 1 atom stereocenters. The van der Waals surface area contributed by atoms with Gasteiger partial charge < -0.3 is 14.4 Å². The Morgan fingerprint density at radius 3 is 2.85 bits per heavy atom. The Balaban J connectivity index is 1.64. The number of aromatic nitrogens is 2. The molecular weight excluding hydrogens is 338 g/mol. The molecule has 2 aromatic rings. The van der Waals surface area contributed by atoms with Crippen LogP contribution < -0.4 is 9.47 Å². The maximum atomic E-state index is 6.17. The molecule has 27 heavy (non-hydrogen) atoms. The number of methoxy groups -OCH3 is 1. The van der Waals surface area contributed by atoms with E-state index in [4.69, 9.17) is 9.47 Å². The molecule has 1 fully saturated rings. The van der Waals surface area contributed by atoms with E-state index in [-0.39, 0.29) is 0 Å². The highest BCUT2D eigenvalue weighted by molar-refractivity contribution is 5.43. The molecule has 5 nitrogen and oxygen atoms in total. The zero-order valence-electron chi connectivity index (χ0n) is 16.8. The summed E-state index contributed by atoms with van der Waals surface area (Å²) in [7, 11) is 1.69. The standard InChI is InChI=1S/C22H31N3O2/c1-4-11-25-12-9-18(15-25)16-27-21-13-17(6-7-20(21)26-3)14-22-23-10-8-19(5-2)24-22/h6-8,10,13,18H,4-5,9,11-12,14-16H2,1-3H3. The summed E-state index contributed by atoms with van der Waals surface area (Å²) >= 11 is 0. The molecule has 5 heteroatoms. The van der Waals surface area contributed by atoms with Crippen molar-refractivity contribution in [2.24, 2.45) is 5.92 Å². The fraction of sp³-hybridized carbons (Fsp3) is 0.545. The van der Waals surface area contributed by atoms with Crippen LogP contribution in [-0.2, 0) is 12.8 Å². The van der Waals surface area contributed by atoms with E-state index in [1.165, 1.54) is 25.9 Å². The van der Waals surface area contributed by atoms with Gasteiger partial charge in [0, 0.05) is 30.8 Å². The van der Waals surface area contributed by atoms with Gasteiger partial charge in [0.05, 0.1) is 13.7 Å². The third kappa shape index (κ3) is 5.42. The molecule has 1 aliphatic heterocycles. The van der Waals surface area contributed by atoms with Gasteiger partial charge in [0.25, 0.3) is 0 Å². The number of likely N-dealkylation sites (tertiary alicyclic amines) is 1. The van der Waals surface area contributed by atoms with Gasteiger partial charge in [-0.25, -0.2) is 9.97 Å². The Kier molecular flexibility index (Phi) is 7.04. The fourth-order valence-electron chi connectivity index (χ4n) is 3.63. The van der Waals surface area contributed by atoms with E-state index in [0.29, 0.717) is 12.3 Å². The summed E-state index contributed by atoms with van der Waals surface area (Å²) in [5, 5.41) is 0. The number of rotatable bonds is 9. The molecule has 2 heterocycles. The van der Waals surface area contributed by atoms with Gasteiger partial charge in [-0.1, -0.05) is 19.9 Å². The highest BCUT2D eigenvalue weighted by Crippen LogP contribution is 2.30. The van der Waals surface area contributed by atoms with Crippen molar-refractivity contribution >= 4 is 0 Å². The Bertz CT molecular complexity index is 735. The summed E-state index contributed by atoms with van der Waals surface area (Å²) in [5.41, 5.74) is 2.21. The summed E-state index contributed by atoms with van der Waals surface area (Å²) in [6.07, 6.45) is 5.87. The normalized spacial score (nSPS) is 17.2. The van der Waals surface area contributed by atoms with E-state index in [9.17, 15) is 0 Å². The van der Waals surface area contributed by atoms with Gasteiger partial charge in [-0.05, 0) is 56.1 Å². The average molecular weight is 370 g/mol. The van der Waals surface area contributed by atoms with Gasteiger partial charge in [-0.3, -0.25) is 0 Å². The first-order valence-corrected chi connectivity index (χ1v) is 10.0. The second-order valence-electron chi connectivity index (χ2n) is 7.25. The third-order valence-corrected chi connectivity index (χ3v) is 5.10. The van der Waals surface area contributed by atoms with Crippen LogP contribution in [0.3, 0.4) is 0 Å². The fourth-order valence-corrected chi connectivity index (χ4v) is 3.63. The highest BCUT2D eigenvalue weighted by atomic mass is 16.5. The van der Waals surface area contributed by atoms with Gasteiger partial charge in [0.15, 0.2) is 11.5 Å². The number of nitrogens with zero attached hydrogens (tertiary/aromatic N) is 3. The zero-order chi connectivity index (χ0) is 19.1. The lowest BCUT2D eigenvalue weighted by Gasteiger charge is -2.17. The van der Waals surface area contributed by atoms with Crippen LogP contribution in [0.2, 0.25) is 0 Å². The average Bonchev–Trinajstić information content (AvgIpc) is 3.14. The largest absolute Gasteiger partial charge is 0.493 e. The molecule has 1 aliphatic rings. The number of aryl methyl sites for hydroxylation is 1. The molecule has 0 radical (unpaired) electrons. The Hall–Kier alpha value is -2.14. The van der Waals surface area contributed by atoms with Crippen LogP contribution in [0.1, 0.15) is 43.8 Å². The molecule has 0 aliphatic carbocycles. The minimum absolute atomic E-state index is 0.592. The lowest BCUT2D eigenvalue weighted by Crippen LogP contribution is -2.23. The SMILES string of the molecule is CCCN1CCC(COc2cc(Cc3nccc(CC)n3)ccc2OC)C1. The van der Waals surface area contributed by atoms with Crippen LogP contribution in [0.4, 0.5) is 0 Å². The summed E-state index contributed by atoms with van der Waals surface area (Å²) < 4.78 is 11.7. The van der Waals surface area contributed by atoms with Crippen molar-refractivity contribution in [3.05, 3.63) is 47.5 Å². The van der Waals surface area contributed by atoms with Crippen molar-refractivity contribution in [3.8, 4) is 11.5 Å². The minimum Gasteiger partial charge on any atom is -0.493 e. The van der Waals surface area contributed by atoms with E-state index >= 15 is 0 Å². The molecule has 1 aromatic heterocycles. The smallest absolute Gasteiger partial charge is 0.161 e. The lowest BCUT2D eigenvalue weighted by molar-refractivity contribution is 0.232. The maximum absolute atomic E-state index is 6.17. The molecule has 1 aromatic carbocycles. The van der Waals surface area contributed by atoms with Crippen LogP contribution in [0.25, 0.3) is 0 Å². The molecule has 146 valence electrons. The number of benzene rings is 1. The first kappa shape index (κ1) is 19.6. The Morgan fingerprint density at radius 2 is 2.07 bits per heavy atom. The quantitative estimate of drug-likeness (QED) is 0.674. The second kappa shape index (κ2) is 9.70. The van der Waals surface area contributed by atoms with E-state index < -0.39 is 0 Å². The molecule has 0 saturated carbocycles. The van der Waals surface area contributed by atoms with E-state index in [0.717, 1.165) is 48.2 Å². The summed E-state index contributed by atoms with van der Waals surface area (Å²) in [6.45, 7) is 8.59. The monoisotopic (exact) mass is 369 g/mol. The minimum atomic E-state index is 0.592. The summed E-state index contributed by atoms with van der Waals surface area (Å²) in [4.78, 5) is 11.5. The van der Waals surface area contributed by atoms with Gasteiger partial charge >= 0.3 is 0 Å². The van der Waals surface area contributed by atoms with Crippen LogP contribution in [0.15, 0.2) is 30.5 Å². The van der Waals surface area contributed by atoms with Crippen LogP contribution >= 0.6 is 0 Å². The maximum Gasteiger partial charge on any atom is 0.161 e. The van der Waals surface area contributed by atoms with Crippen LogP contribution in [-0.4, -0.2) is 48.2 Å². The Morgan fingerprint density at radius 1 is 1.19 bits per heavy atom. The van der Waals surface area contributed by atoms with Gasteiger partial charge in [-0.2, -0.15) is 0 Å². The first-order valence-electron chi connectivity index (χ1n) is 10.0. The second-order valence-corrected chi connectivity index (χ2v) is 7.25. The van der Waals surface area contributed by atoms with Crippen LogP contribution in [0, 0.1) is 5.92 Å². The van der Waals surface area contributed by atoms with Gasteiger partial charge in [-0.15, -0.1) is 0 Å². The number of ether oxygens (including phenoxy) is 2. The van der Waals surface area contributed by atoms with Crippen molar-refractivity contribution in [1.29, 1.82) is 0 Å². The molecule has 3 rings (SSSR count). The molecule has 0 spiro atoms. The van der Waals surface area contributed by atoms with E-state index in [1.54, 1.807) is 7.11 Å². The number of hydrogen-bond acceptors (Lipinski definition) is 5. The van der Waals surface area contributed by atoms with Crippen molar-refractivity contribution in [2.75, 3.05) is 33.4 Å². The van der Waals surface area contributed by atoms with Crippen molar-refractivity contribution in [2.45, 2.75) is 39.5 Å². The molecule has 1 unspecified atom stereocenters. The van der Waals surface area contributed by atoms with E-state index in [1.807, 2.05) is 18.3 Å². The van der Waals surface area contributed by atoms with Crippen molar-refractivity contribution in [1.82, 2.24) is 14.9 Å². The van der Waals surface area contributed by atoms with Crippen LogP contribution in [0.5, 0.6) is 11.5 Å². The molecule has 0 amide bonds. The van der Waals surface area contributed by atoms with Gasteiger partial charge in [0.2, 0.25) is 0 Å². The summed E-state index contributed by atoms with van der Waals surface area (Å²) in [5.74, 6) is 3.03. The zero-order valence-corrected chi connectivity index (χ0v) is 16.8. The molecule has 1 saturated heterocycles. The van der Waals surface area contributed by atoms with E-state index in [2.05, 4.69) is 40.8 Å². The molecule has 0 N–H and O–H groups in total. The summed E-state index contributed by atoms with van der Waals surface area (Å²) in [6, 6.07) is 8.08. The first-order chi connectivity index (χ1) is 13.2. The van der Waals surface area contributed by atoms with Crippen molar-refractivity contribution < 1.29 is 9.47 Å². The molecular formula is C22H31N3O2. The van der Waals surface area contributed by atoms with Gasteiger partial charge in [0.1, 0.15) is 5.82 Å². The molecule has 0 bridgehead atoms. The predicted octanol–water partition coefficient (Wildman–Crippen LogP) is 3.75. The highest BCUT2D eigenvalue weighted by Gasteiger charge is 2.22. The topological polar surface area (TPSA) is 47.5 Å². The Labute approximate surface area is 162 Å².